The first-order chi connectivity index (χ1) is 7.06. The Labute approximate surface area is 107 Å². The van der Waals surface area contributed by atoms with E-state index in [1.54, 1.807) is 6.07 Å². The van der Waals surface area contributed by atoms with Gasteiger partial charge in [-0.1, -0.05) is 49.5 Å². The Bertz CT molecular complexity index is 323. The summed E-state index contributed by atoms with van der Waals surface area (Å²) in [7, 11) is 0. The molecule has 0 heterocycles. The van der Waals surface area contributed by atoms with Crippen molar-refractivity contribution in [3.05, 3.63) is 33.8 Å². The third kappa shape index (κ3) is 3.55. The molecule has 0 spiro atoms. The van der Waals surface area contributed by atoms with Crippen LogP contribution in [0.25, 0.3) is 0 Å². The van der Waals surface area contributed by atoms with Crippen molar-refractivity contribution >= 4 is 34.8 Å². The van der Waals surface area contributed by atoms with E-state index >= 15 is 0 Å². The van der Waals surface area contributed by atoms with Crippen molar-refractivity contribution in [1.82, 2.24) is 0 Å². The van der Waals surface area contributed by atoms with Gasteiger partial charge < -0.3 is 0 Å². The van der Waals surface area contributed by atoms with Gasteiger partial charge in [-0.25, -0.2) is 0 Å². The smallest absolute Gasteiger partial charge is 0.0611 e. The summed E-state index contributed by atoms with van der Waals surface area (Å²) in [5.41, 5.74) is 1.05. The summed E-state index contributed by atoms with van der Waals surface area (Å²) < 4.78 is 0. The summed E-state index contributed by atoms with van der Waals surface area (Å²) in [5.74, 6) is 0.453. The molecule has 1 aromatic rings. The van der Waals surface area contributed by atoms with E-state index in [4.69, 9.17) is 34.8 Å². The van der Waals surface area contributed by atoms with Gasteiger partial charge in [0.25, 0.3) is 0 Å². The maximum Gasteiger partial charge on any atom is 0.0611 e. The molecule has 0 aliphatic rings. The Morgan fingerprint density at radius 1 is 1.20 bits per heavy atom. The zero-order valence-corrected chi connectivity index (χ0v) is 11.2. The van der Waals surface area contributed by atoms with Gasteiger partial charge in [0.15, 0.2) is 0 Å². The van der Waals surface area contributed by atoms with Gasteiger partial charge in [0.05, 0.1) is 15.4 Å². The van der Waals surface area contributed by atoms with E-state index in [0.717, 1.165) is 18.4 Å². The minimum Gasteiger partial charge on any atom is -0.118 e. The van der Waals surface area contributed by atoms with E-state index in [9.17, 15) is 0 Å². The van der Waals surface area contributed by atoms with Crippen LogP contribution < -0.4 is 0 Å². The lowest BCUT2D eigenvalue weighted by Gasteiger charge is -2.18. The number of rotatable bonds is 4. The van der Waals surface area contributed by atoms with Crippen molar-refractivity contribution in [3.8, 4) is 0 Å². The molecule has 0 aliphatic heterocycles. The lowest BCUT2D eigenvalue weighted by Crippen LogP contribution is -2.03. The largest absolute Gasteiger partial charge is 0.118 e. The molecule has 3 heteroatoms. The van der Waals surface area contributed by atoms with Crippen LogP contribution in [0.4, 0.5) is 0 Å². The molecule has 0 saturated carbocycles. The molecule has 0 bridgehead atoms. The number of halogens is 3. The lowest BCUT2D eigenvalue weighted by atomic mass is 9.96. The minimum absolute atomic E-state index is 0.0136. The topological polar surface area (TPSA) is 0 Å². The van der Waals surface area contributed by atoms with Gasteiger partial charge in [-0.3, -0.25) is 0 Å². The Balaban J connectivity index is 2.81. The molecule has 1 rings (SSSR count). The van der Waals surface area contributed by atoms with Crippen molar-refractivity contribution in [3.63, 3.8) is 0 Å². The van der Waals surface area contributed by atoms with Crippen LogP contribution in [0.2, 0.25) is 10.0 Å². The second kappa shape index (κ2) is 5.98. The highest BCUT2D eigenvalue weighted by Gasteiger charge is 2.16. The fraction of sp³-hybridized carbons (Fsp3) is 0.500. The van der Waals surface area contributed by atoms with Gasteiger partial charge >= 0.3 is 0 Å². The number of hydrogen-bond acceptors (Lipinski definition) is 0. The summed E-state index contributed by atoms with van der Waals surface area (Å²) in [4.78, 5) is 0. The molecule has 15 heavy (non-hydrogen) atoms. The molecule has 0 N–H and O–H groups in total. The van der Waals surface area contributed by atoms with Crippen LogP contribution in [0.5, 0.6) is 0 Å². The van der Waals surface area contributed by atoms with Gasteiger partial charge in [-0.15, -0.1) is 11.6 Å². The Morgan fingerprint density at radius 3 is 2.40 bits per heavy atom. The van der Waals surface area contributed by atoms with Crippen molar-refractivity contribution in [2.75, 3.05) is 0 Å². The van der Waals surface area contributed by atoms with E-state index in [1.807, 2.05) is 12.1 Å². The lowest BCUT2D eigenvalue weighted by molar-refractivity contribution is 0.507. The maximum atomic E-state index is 6.36. The van der Waals surface area contributed by atoms with Crippen LogP contribution in [0.1, 0.15) is 37.6 Å². The number of alkyl halides is 1. The molecule has 0 aliphatic carbocycles. The molecule has 84 valence electrons. The quantitative estimate of drug-likeness (QED) is 0.612. The summed E-state index contributed by atoms with van der Waals surface area (Å²) in [6, 6.07) is 5.60. The predicted octanol–water partition coefficient (Wildman–Crippen LogP) is 5.71. The van der Waals surface area contributed by atoms with E-state index in [0.29, 0.717) is 16.0 Å². The van der Waals surface area contributed by atoms with Crippen LogP contribution in [-0.2, 0) is 0 Å². The molecule has 0 amide bonds. The van der Waals surface area contributed by atoms with Crippen LogP contribution in [-0.4, -0.2) is 0 Å². The molecule has 2 atom stereocenters. The summed E-state index contributed by atoms with van der Waals surface area (Å²) in [5, 5.41) is 1.16. The van der Waals surface area contributed by atoms with Crippen molar-refractivity contribution < 1.29 is 0 Å². The van der Waals surface area contributed by atoms with Gasteiger partial charge in [0.1, 0.15) is 0 Å². The average Bonchev–Trinajstić information content (AvgIpc) is 2.21. The molecule has 2 unspecified atom stereocenters. The Morgan fingerprint density at radius 2 is 1.87 bits per heavy atom. The monoisotopic (exact) mass is 264 g/mol. The van der Waals surface area contributed by atoms with E-state index in [2.05, 4.69) is 13.8 Å². The highest BCUT2D eigenvalue weighted by molar-refractivity contribution is 6.42. The SMILES string of the molecule is CCCC(C)C(Cl)c1ccc(Cl)c(Cl)c1. The maximum absolute atomic E-state index is 6.36. The van der Waals surface area contributed by atoms with Crippen LogP contribution in [0.15, 0.2) is 18.2 Å². The first-order valence-electron chi connectivity index (χ1n) is 5.15. The summed E-state index contributed by atoms with van der Waals surface area (Å²) in [6.45, 7) is 4.32. The predicted molar refractivity (Wildman–Crippen MR) is 69.1 cm³/mol. The van der Waals surface area contributed by atoms with Crippen molar-refractivity contribution in [2.24, 2.45) is 5.92 Å². The molecular formula is C12H15Cl3. The average molecular weight is 266 g/mol. The summed E-state index contributed by atoms with van der Waals surface area (Å²) >= 11 is 18.2. The first kappa shape index (κ1) is 13.2. The highest BCUT2D eigenvalue weighted by Crippen LogP contribution is 2.34. The minimum atomic E-state index is 0.0136. The highest BCUT2D eigenvalue weighted by atomic mass is 35.5. The van der Waals surface area contributed by atoms with E-state index < -0.39 is 0 Å². The third-order valence-corrected chi connectivity index (χ3v) is 3.93. The van der Waals surface area contributed by atoms with Gasteiger partial charge in [0, 0.05) is 0 Å². The standard InChI is InChI=1S/C12H15Cl3/c1-3-4-8(2)12(15)9-5-6-10(13)11(14)7-9/h5-8,12H,3-4H2,1-2H3. The molecule has 1 aromatic carbocycles. The normalized spacial score (nSPS) is 15.0. The Kier molecular flexibility index (Phi) is 5.25. The Hall–Kier alpha value is 0.0900. The molecule has 0 saturated heterocycles. The first-order valence-corrected chi connectivity index (χ1v) is 6.34. The fourth-order valence-electron chi connectivity index (χ4n) is 1.61. The van der Waals surface area contributed by atoms with Crippen LogP contribution in [0, 0.1) is 5.92 Å². The second-order valence-corrected chi connectivity index (χ2v) is 5.13. The van der Waals surface area contributed by atoms with Gasteiger partial charge in [-0.05, 0) is 30.0 Å². The molecule has 0 aromatic heterocycles. The van der Waals surface area contributed by atoms with Crippen LogP contribution >= 0.6 is 34.8 Å². The van der Waals surface area contributed by atoms with Gasteiger partial charge in [-0.2, -0.15) is 0 Å². The van der Waals surface area contributed by atoms with Crippen molar-refractivity contribution in [1.29, 1.82) is 0 Å². The zero-order valence-electron chi connectivity index (χ0n) is 8.93. The molecular weight excluding hydrogens is 250 g/mol. The van der Waals surface area contributed by atoms with Crippen molar-refractivity contribution in [2.45, 2.75) is 32.1 Å². The van der Waals surface area contributed by atoms with E-state index in [-0.39, 0.29) is 5.38 Å². The number of benzene rings is 1. The van der Waals surface area contributed by atoms with E-state index in [1.165, 1.54) is 0 Å². The molecule has 0 radical (unpaired) electrons. The second-order valence-electron chi connectivity index (χ2n) is 3.84. The van der Waals surface area contributed by atoms with Gasteiger partial charge in [0.2, 0.25) is 0 Å². The third-order valence-electron chi connectivity index (χ3n) is 2.51. The number of hydrogen-bond donors (Lipinski definition) is 0. The molecule has 0 fully saturated rings. The van der Waals surface area contributed by atoms with Crippen LogP contribution in [0.3, 0.4) is 0 Å². The zero-order chi connectivity index (χ0) is 11.4. The molecule has 0 nitrogen and oxygen atoms in total. The fourth-order valence-corrected chi connectivity index (χ4v) is 2.18. The summed E-state index contributed by atoms with van der Waals surface area (Å²) in [6.07, 6.45) is 2.26.